The Balaban J connectivity index is 2.37. The molecule has 0 aromatic rings. The van der Waals surface area contributed by atoms with Crippen LogP contribution in [0.15, 0.2) is 0 Å². The molecule has 1 aliphatic carbocycles. The molecule has 2 heteroatoms. The van der Waals surface area contributed by atoms with Gasteiger partial charge in [-0.2, -0.15) is 11.8 Å². The Morgan fingerprint density at radius 3 is 2.82 bits per heavy atom. The second kappa shape index (κ2) is 4.81. The van der Waals surface area contributed by atoms with Crippen LogP contribution in [0.3, 0.4) is 0 Å². The van der Waals surface area contributed by atoms with Gasteiger partial charge in [0.1, 0.15) is 6.29 Å². The standard InChI is InChI=1S/C9H16OS/c1-11-9-5-3-2-4-8(9)6-7-10/h7-9H,2-6H2,1H3/t8-,9-/m1/s1. The molecule has 0 bridgehead atoms. The molecular formula is C9H16OS. The largest absolute Gasteiger partial charge is 0.303 e. The molecule has 0 N–H and O–H groups in total. The first-order chi connectivity index (χ1) is 5.38. The first kappa shape index (κ1) is 9.11. The summed E-state index contributed by atoms with van der Waals surface area (Å²) in [5.41, 5.74) is 0. The van der Waals surface area contributed by atoms with Crippen molar-refractivity contribution in [1.82, 2.24) is 0 Å². The van der Waals surface area contributed by atoms with Gasteiger partial charge in [0.15, 0.2) is 0 Å². The lowest BCUT2D eigenvalue weighted by atomic mass is 9.87. The molecule has 0 amide bonds. The zero-order valence-electron chi connectivity index (χ0n) is 7.08. The van der Waals surface area contributed by atoms with Gasteiger partial charge in [0.05, 0.1) is 0 Å². The molecule has 0 aromatic carbocycles. The van der Waals surface area contributed by atoms with Gasteiger partial charge < -0.3 is 4.79 Å². The first-order valence-electron chi connectivity index (χ1n) is 4.35. The molecule has 1 rings (SSSR count). The van der Waals surface area contributed by atoms with Gasteiger partial charge >= 0.3 is 0 Å². The second-order valence-electron chi connectivity index (χ2n) is 3.22. The summed E-state index contributed by atoms with van der Waals surface area (Å²) in [5.74, 6) is 0.677. The van der Waals surface area contributed by atoms with E-state index >= 15 is 0 Å². The predicted octanol–water partition coefficient (Wildman–Crippen LogP) is 2.50. The number of carbonyl (C=O) groups excluding carboxylic acids is 1. The van der Waals surface area contributed by atoms with Crippen molar-refractivity contribution < 1.29 is 4.79 Å². The minimum absolute atomic E-state index is 0.677. The van der Waals surface area contributed by atoms with Crippen LogP contribution >= 0.6 is 11.8 Å². The number of carbonyl (C=O) groups is 1. The summed E-state index contributed by atoms with van der Waals surface area (Å²) >= 11 is 1.93. The van der Waals surface area contributed by atoms with Crippen LogP contribution in [0.5, 0.6) is 0 Å². The van der Waals surface area contributed by atoms with Crippen molar-refractivity contribution in [3.05, 3.63) is 0 Å². The molecule has 0 heterocycles. The Morgan fingerprint density at radius 1 is 1.45 bits per heavy atom. The van der Waals surface area contributed by atoms with Gasteiger partial charge in [-0.15, -0.1) is 0 Å². The molecule has 0 saturated heterocycles. The number of thioether (sulfide) groups is 1. The zero-order chi connectivity index (χ0) is 8.10. The molecule has 1 fully saturated rings. The highest BCUT2D eigenvalue weighted by atomic mass is 32.2. The van der Waals surface area contributed by atoms with E-state index in [-0.39, 0.29) is 0 Å². The van der Waals surface area contributed by atoms with Crippen molar-refractivity contribution in [2.24, 2.45) is 5.92 Å². The summed E-state index contributed by atoms with van der Waals surface area (Å²) in [6.45, 7) is 0. The predicted molar refractivity (Wildman–Crippen MR) is 49.9 cm³/mol. The summed E-state index contributed by atoms with van der Waals surface area (Å²) in [6.07, 6.45) is 9.30. The Morgan fingerprint density at radius 2 is 2.18 bits per heavy atom. The Kier molecular flexibility index (Phi) is 3.98. The topological polar surface area (TPSA) is 17.1 Å². The van der Waals surface area contributed by atoms with Crippen molar-refractivity contribution >= 4 is 18.0 Å². The number of hydrogen-bond donors (Lipinski definition) is 0. The third-order valence-corrected chi connectivity index (χ3v) is 3.77. The maximum atomic E-state index is 10.3. The van der Waals surface area contributed by atoms with Crippen molar-refractivity contribution in [3.63, 3.8) is 0 Å². The third-order valence-electron chi connectivity index (χ3n) is 2.54. The normalized spacial score (nSPS) is 31.7. The van der Waals surface area contributed by atoms with Crippen LogP contribution in [-0.4, -0.2) is 17.8 Å². The summed E-state index contributed by atoms with van der Waals surface area (Å²) in [6, 6.07) is 0. The van der Waals surface area contributed by atoms with E-state index in [0.29, 0.717) is 5.92 Å². The fourth-order valence-corrected chi connectivity index (χ4v) is 2.91. The van der Waals surface area contributed by atoms with Crippen LogP contribution in [0.25, 0.3) is 0 Å². The van der Waals surface area contributed by atoms with Gasteiger partial charge in [0, 0.05) is 11.7 Å². The minimum atomic E-state index is 0.677. The summed E-state index contributed by atoms with van der Waals surface area (Å²) in [5, 5.41) is 0.758. The summed E-state index contributed by atoms with van der Waals surface area (Å²) < 4.78 is 0. The smallest absolute Gasteiger partial charge is 0.120 e. The highest BCUT2D eigenvalue weighted by Gasteiger charge is 2.23. The van der Waals surface area contributed by atoms with Crippen molar-refractivity contribution in [2.75, 3.05) is 6.26 Å². The van der Waals surface area contributed by atoms with E-state index in [1.807, 2.05) is 11.8 Å². The van der Waals surface area contributed by atoms with E-state index in [1.165, 1.54) is 25.7 Å². The van der Waals surface area contributed by atoms with Crippen molar-refractivity contribution in [1.29, 1.82) is 0 Å². The molecule has 0 spiro atoms. The third kappa shape index (κ3) is 2.51. The lowest BCUT2D eigenvalue weighted by molar-refractivity contribution is -0.108. The Bertz CT molecular complexity index is 125. The second-order valence-corrected chi connectivity index (χ2v) is 4.30. The first-order valence-corrected chi connectivity index (χ1v) is 5.63. The number of aldehydes is 1. The van der Waals surface area contributed by atoms with Gasteiger partial charge in [-0.1, -0.05) is 12.8 Å². The van der Waals surface area contributed by atoms with Crippen LogP contribution in [0.1, 0.15) is 32.1 Å². The average molecular weight is 172 g/mol. The van der Waals surface area contributed by atoms with E-state index in [4.69, 9.17) is 0 Å². The molecule has 1 saturated carbocycles. The van der Waals surface area contributed by atoms with E-state index in [2.05, 4.69) is 6.26 Å². The molecular weight excluding hydrogens is 156 g/mol. The van der Waals surface area contributed by atoms with Crippen LogP contribution in [0.2, 0.25) is 0 Å². The molecule has 1 aliphatic rings. The van der Waals surface area contributed by atoms with Gasteiger partial charge in [-0.3, -0.25) is 0 Å². The molecule has 2 atom stereocenters. The maximum absolute atomic E-state index is 10.3. The quantitative estimate of drug-likeness (QED) is 0.608. The van der Waals surface area contributed by atoms with Crippen molar-refractivity contribution in [3.8, 4) is 0 Å². The van der Waals surface area contributed by atoms with Gasteiger partial charge in [-0.05, 0) is 25.0 Å². The molecule has 1 nitrogen and oxygen atoms in total. The van der Waals surface area contributed by atoms with E-state index < -0.39 is 0 Å². The minimum Gasteiger partial charge on any atom is -0.303 e. The monoisotopic (exact) mass is 172 g/mol. The lowest BCUT2D eigenvalue weighted by Gasteiger charge is -2.28. The summed E-state index contributed by atoms with van der Waals surface area (Å²) in [4.78, 5) is 10.3. The molecule has 0 radical (unpaired) electrons. The molecule has 0 aromatic heterocycles. The van der Waals surface area contributed by atoms with Gasteiger partial charge in [-0.25, -0.2) is 0 Å². The Labute approximate surface area is 72.9 Å². The number of hydrogen-bond acceptors (Lipinski definition) is 2. The van der Waals surface area contributed by atoms with Crippen LogP contribution < -0.4 is 0 Å². The van der Waals surface area contributed by atoms with E-state index in [0.717, 1.165) is 18.0 Å². The molecule has 0 aliphatic heterocycles. The highest BCUT2D eigenvalue weighted by Crippen LogP contribution is 2.33. The average Bonchev–Trinajstić information content (AvgIpc) is 2.06. The van der Waals surface area contributed by atoms with Crippen LogP contribution in [-0.2, 0) is 4.79 Å². The lowest BCUT2D eigenvalue weighted by Crippen LogP contribution is -2.21. The van der Waals surface area contributed by atoms with Crippen LogP contribution in [0.4, 0.5) is 0 Å². The fourth-order valence-electron chi connectivity index (χ4n) is 1.88. The van der Waals surface area contributed by atoms with Crippen molar-refractivity contribution in [2.45, 2.75) is 37.4 Å². The maximum Gasteiger partial charge on any atom is 0.120 e. The van der Waals surface area contributed by atoms with Gasteiger partial charge in [0.2, 0.25) is 0 Å². The van der Waals surface area contributed by atoms with E-state index in [9.17, 15) is 4.79 Å². The Hall–Kier alpha value is 0.0200. The highest BCUT2D eigenvalue weighted by molar-refractivity contribution is 7.99. The number of rotatable bonds is 3. The summed E-state index contributed by atoms with van der Waals surface area (Å²) in [7, 11) is 0. The van der Waals surface area contributed by atoms with Gasteiger partial charge in [0.25, 0.3) is 0 Å². The van der Waals surface area contributed by atoms with E-state index in [1.54, 1.807) is 0 Å². The molecule has 11 heavy (non-hydrogen) atoms. The SMILES string of the molecule is CS[C@@H]1CCCC[C@@H]1CC=O. The molecule has 64 valence electrons. The fraction of sp³-hybridized carbons (Fsp3) is 0.889. The van der Waals surface area contributed by atoms with Crippen LogP contribution in [0, 0.1) is 5.92 Å². The zero-order valence-corrected chi connectivity index (χ0v) is 7.90. The molecule has 0 unspecified atom stereocenters.